The summed E-state index contributed by atoms with van der Waals surface area (Å²) in [5.41, 5.74) is 1.99. The van der Waals surface area contributed by atoms with Gasteiger partial charge in [-0.05, 0) is 37.1 Å². The summed E-state index contributed by atoms with van der Waals surface area (Å²) in [7, 11) is 0. The number of hydrogen-bond donors (Lipinski definition) is 1. The largest absolute Gasteiger partial charge is 0.296 e. The normalized spacial score (nSPS) is 11.4. The summed E-state index contributed by atoms with van der Waals surface area (Å²) in [4.78, 5) is 18.8. The lowest BCUT2D eigenvalue weighted by Gasteiger charge is -2.09. The number of amides is 1. The van der Waals surface area contributed by atoms with Gasteiger partial charge in [0.1, 0.15) is 0 Å². The molecule has 4 heterocycles. The molecule has 0 fully saturated rings. The third-order valence-corrected chi connectivity index (χ3v) is 6.72. The second kappa shape index (κ2) is 7.98. The van der Waals surface area contributed by atoms with Crippen LogP contribution in [0.1, 0.15) is 37.2 Å². The Morgan fingerprint density at radius 1 is 1.36 bits per heavy atom. The monoisotopic (exact) mass is 430 g/mol. The Balaban J connectivity index is 1.76. The van der Waals surface area contributed by atoms with Gasteiger partial charge >= 0.3 is 0 Å². The summed E-state index contributed by atoms with van der Waals surface area (Å²) in [6.45, 7) is 6.14. The molecule has 0 aromatic carbocycles. The lowest BCUT2D eigenvalue weighted by molar-refractivity contribution is 0.102. The van der Waals surface area contributed by atoms with Gasteiger partial charge in [-0.2, -0.15) is 5.10 Å². The lowest BCUT2D eigenvalue weighted by atomic mass is 10.1. The maximum absolute atomic E-state index is 13.1. The van der Waals surface area contributed by atoms with E-state index in [0.29, 0.717) is 16.3 Å². The molecule has 4 rings (SSSR count). The number of pyridine rings is 1. The predicted molar refractivity (Wildman–Crippen MR) is 115 cm³/mol. The van der Waals surface area contributed by atoms with Gasteiger partial charge < -0.3 is 0 Å². The number of fused-ring (bicyclic) bond motifs is 1. The minimum Gasteiger partial charge on any atom is -0.296 e. The maximum Gasteiger partial charge on any atom is 0.258 e. The standard InChI is InChI=1S/C18H18N6OS3/c1-4-26-18-23-22-17(28-18)21-16(25)11-8-13(14-6-5-7-27-14)20-15-12(11)9-19-24(15)10(2)3/h5-10H,4H2,1-3H3,(H,21,22,25). The highest BCUT2D eigenvalue weighted by Crippen LogP contribution is 2.30. The molecule has 0 saturated carbocycles. The molecule has 0 unspecified atom stereocenters. The number of rotatable bonds is 6. The first-order valence-electron chi connectivity index (χ1n) is 8.76. The van der Waals surface area contributed by atoms with E-state index in [1.807, 2.05) is 42.1 Å². The van der Waals surface area contributed by atoms with E-state index in [1.165, 1.54) is 11.3 Å². The molecule has 144 valence electrons. The second-order valence-electron chi connectivity index (χ2n) is 6.21. The highest BCUT2D eigenvalue weighted by molar-refractivity contribution is 8.01. The van der Waals surface area contributed by atoms with Crippen LogP contribution in [0.4, 0.5) is 5.13 Å². The van der Waals surface area contributed by atoms with Crippen LogP contribution in [0.3, 0.4) is 0 Å². The number of nitrogens with one attached hydrogen (secondary N) is 1. The fraction of sp³-hybridized carbons (Fsp3) is 0.278. The van der Waals surface area contributed by atoms with Gasteiger partial charge in [0.05, 0.1) is 27.7 Å². The number of thiophene rings is 1. The molecule has 0 saturated heterocycles. The van der Waals surface area contributed by atoms with Gasteiger partial charge in [0.2, 0.25) is 5.13 Å². The van der Waals surface area contributed by atoms with Crippen molar-refractivity contribution in [2.75, 3.05) is 11.1 Å². The molecule has 4 aromatic rings. The van der Waals surface area contributed by atoms with Gasteiger partial charge in [-0.25, -0.2) is 9.67 Å². The summed E-state index contributed by atoms with van der Waals surface area (Å²) in [6.07, 6.45) is 1.70. The van der Waals surface area contributed by atoms with Crippen LogP contribution in [0.2, 0.25) is 0 Å². The number of carbonyl (C=O) groups is 1. The van der Waals surface area contributed by atoms with Crippen molar-refractivity contribution in [2.45, 2.75) is 31.2 Å². The molecule has 1 N–H and O–H groups in total. The summed E-state index contributed by atoms with van der Waals surface area (Å²) in [5.74, 6) is 0.671. The van der Waals surface area contributed by atoms with Crippen molar-refractivity contribution in [3.8, 4) is 10.6 Å². The molecule has 28 heavy (non-hydrogen) atoms. The Morgan fingerprint density at radius 2 is 2.21 bits per heavy atom. The molecule has 7 nitrogen and oxygen atoms in total. The molecule has 4 aromatic heterocycles. The summed E-state index contributed by atoms with van der Waals surface area (Å²) in [5, 5.41) is 18.7. The highest BCUT2D eigenvalue weighted by atomic mass is 32.2. The van der Waals surface area contributed by atoms with Gasteiger partial charge in [-0.15, -0.1) is 21.5 Å². The van der Waals surface area contributed by atoms with Gasteiger partial charge in [0, 0.05) is 6.04 Å². The topological polar surface area (TPSA) is 85.6 Å². The Hall–Kier alpha value is -2.30. The van der Waals surface area contributed by atoms with Crippen LogP contribution in [0.5, 0.6) is 0 Å². The zero-order chi connectivity index (χ0) is 19.7. The predicted octanol–water partition coefficient (Wildman–Crippen LogP) is 4.96. The molecule has 0 atom stereocenters. The quantitative estimate of drug-likeness (QED) is 0.344. The van der Waals surface area contributed by atoms with Crippen LogP contribution in [-0.2, 0) is 0 Å². The molecule has 0 aliphatic rings. The van der Waals surface area contributed by atoms with E-state index in [1.54, 1.807) is 29.3 Å². The van der Waals surface area contributed by atoms with Crippen LogP contribution in [0.25, 0.3) is 21.6 Å². The van der Waals surface area contributed by atoms with E-state index in [2.05, 4.69) is 27.5 Å². The second-order valence-corrected chi connectivity index (χ2v) is 9.65. The number of thioether (sulfide) groups is 1. The van der Waals surface area contributed by atoms with E-state index in [4.69, 9.17) is 4.98 Å². The molecule has 10 heteroatoms. The van der Waals surface area contributed by atoms with Gasteiger partial charge in [-0.3, -0.25) is 10.1 Å². The van der Waals surface area contributed by atoms with E-state index < -0.39 is 0 Å². The third kappa shape index (κ3) is 3.67. The van der Waals surface area contributed by atoms with Crippen LogP contribution >= 0.6 is 34.4 Å². The van der Waals surface area contributed by atoms with E-state index in [9.17, 15) is 4.79 Å². The number of carbonyl (C=O) groups excluding carboxylic acids is 1. The van der Waals surface area contributed by atoms with Crippen LogP contribution in [0, 0.1) is 0 Å². The van der Waals surface area contributed by atoms with Crippen molar-refractivity contribution in [3.63, 3.8) is 0 Å². The molecule has 0 aliphatic heterocycles. The highest BCUT2D eigenvalue weighted by Gasteiger charge is 2.20. The summed E-state index contributed by atoms with van der Waals surface area (Å²) < 4.78 is 2.68. The van der Waals surface area contributed by atoms with E-state index in [-0.39, 0.29) is 11.9 Å². The van der Waals surface area contributed by atoms with Crippen LogP contribution < -0.4 is 5.32 Å². The molecule has 0 aliphatic carbocycles. The Bertz CT molecular complexity index is 1120. The zero-order valence-electron chi connectivity index (χ0n) is 15.5. The van der Waals surface area contributed by atoms with Crippen molar-refractivity contribution in [2.24, 2.45) is 0 Å². The summed E-state index contributed by atoms with van der Waals surface area (Å²) >= 11 is 4.56. The van der Waals surface area contributed by atoms with Crippen molar-refractivity contribution >= 4 is 56.5 Å². The van der Waals surface area contributed by atoms with Gasteiger partial charge in [-0.1, -0.05) is 36.1 Å². The number of nitrogens with zero attached hydrogens (tertiary/aromatic N) is 5. The smallest absolute Gasteiger partial charge is 0.258 e. The number of aromatic nitrogens is 5. The third-order valence-electron chi connectivity index (χ3n) is 3.97. The zero-order valence-corrected chi connectivity index (χ0v) is 18.0. The maximum atomic E-state index is 13.1. The molecule has 0 bridgehead atoms. The summed E-state index contributed by atoms with van der Waals surface area (Å²) in [6, 6.07) is 5.92. The van der Waals surface area contributed by atoms with Crippen molar-refractivity contribution < 1.29 is 4.79 Å². The van der Waals surface area contributed by atoms with Crippen molar-refractivity contribution in [1.82, 2.24) is 25.0 Å². The Labute approximate surface area is 174 Å². The average molecular weight is 431 g/mol. The van der Waals surface area contributed by atoms with E-state index in [0.717, 1.165) is 26.0 Å². The molecular formula is C18H18N6OS3. The molecule has 1 amide bonds. The molecular weight excluding hydrogens is 412 g/mol. The van der Waals surface area contributed by atoms with Crippen molar-refractivity contribution in [3.05, 3.63) is 35.3 Å². The minimum absolute atomic E-state index is 0.135. The van der Waals surface area contributed by atoms with Gasteiger partial charge in [0.25, 0.3) is 5.91 Å². The first kappa shape index (κ1) is 19.0. The minimum atomic E-state index is -0.238. The fourth-order valence-corrected chi connectivity index (χ4v) is 5.07. The van der Waals surface area contributed by atoms with E-state index >= 15 is 0 Å². The fourth-order valence-electron chi connectivity index (χ4n) is 2.74. The lowest BCUT2D eigenvalue weighted by Crippen LogP contribution is -2.13. The van der Waals surface area contributed by atoms with Gasteiger partial charge in [0.15, 0.2) is 9.99 Å². The van der Waals surface area contributed by atoms with Crippen LogP contribution in [0.15, 0.2) is 34.1 Å². The number of anilines is 1. The first-order chi connectivity index (χ1) is 13.6. The SMILES string of the molecule is CCSc1nnc(NC(=O)c2cc(-c3cccs3)nc3c2cnn3C(C)C)s1. The Kier molecular flexibility index (Phi) is 5.42. The number of hydrogen-bond acceptors (Lipinski definition) is 8. The first-order valence-corrected chi connectivity index (χ1v) is 11.4. The molecule has 0 spiro atoms. The van der Waals surface area contributed by atoms with Crippen LogP contribution in [-0.4, -0.2) is 36.6 Å². The molecule has 0 radical (unpaired) electrons. The average Bonchev–Trinajstić information content (AvgIpc) is 3.41. The van der Waals surface area contributed by atoms with Crippen molar-refractivity contribution in [1.29, 1.82) is 0 Å². The Morgan fingerprint density at radius 3 is 2.93 bits per heavy atom.